The topological polar surface area (TPSA) is 41.1 Å². The summed E-state index contributed by atoms with van der Waals surface area (Å²) in [6.45, 7) is 6.47. The summed E-state index contributed by atoms with van der Waals surface area (Å²) in [6, 6.07) is 8.77. The number of benzene rings is 1. The van der Waals surface area contributed by atoms with Crippen LogP contribution in [0.25, 0.3) is 0 Å². The zero-order valence-corrected chi connectivity index (χ0v) is 14.3. The lowest BCUT2D eigenvalue weighted by atomic mass is 9.71. The summed E-state index contributed by atoms with van der Waals surface area (Å²) in [4.78, 5) is 12.5. The molecule has 1 aliphatic carbocycles. The van der Waals surface area contributed by atoms with E-state index in [0.29, 0.717) is 0 Å². The highest BCUT2D eigenvalue weighted by atomic mass is 35.5. The Morgan fingerprint density at radius 1 is 1.27 bits per heavy atom. The van der Waals surface area contributed by atoms with E-state index in [2.05, 4.69) is 48.7 Å². The number of rotatable bonds is 2. The highest BCUT2D eigenvalue weighted by molar-refractivity contribution is 5.85. The molecule has 0 saturated carbocycles. The molecule has 0 aromatic heterocycles. The fourth-order valence-electron chi connectivity index (χ4n) is 3.73. The maximum Gasteiger partial charge on any atom is 0.224 e. The summed E-state index contributed by atoms with van der Waals surface area (Å²) in [7, 11) is 0. The van der Waals surface area contributed by atoms with E-state index in [1.54, 1.807) is 0 Å². The number of carbonyl (C=O) groups is 1. The molecule has 1 amide bonds. The van der Waals surface area contributed by atoms with Crippen LogP contribution in [0.1, 0.15) is 56.7 Å². The molecule has 4 heteroatoms. The third-order valence-electron chi connectivity index (χ3n) is 5.11. The van der Waals surface area contributed by atoms with E-state index >= 15 is 0 Å². The van der Waals surface area contributed by atoms with Gasteiger partial charge in [-0.3, -0.25) is 4.79 Å². The molecule has 2 aliphatic rings. The molecule has 1 aromatic carbocycles. The lowest BCUT2D eigenvalue weighted by Gasteiger charge is -2.38. The number of nitrogens with one attached hydrogen (secondary N) is 2. The predicted molar refractivity (Wildman–Crippen MR) is 92.4 cm³/mol. The third-order valence-corrected chi connectivity index (χ3v) is 5.11. The van der Waals surface area contributed by atoms with Gasteiger partial charge >= 0.3 is 0 Å². The molecule has 2 unspecified atom stereocenters. The molecule has 0 spiro atoms. The minimum atomic E-state index is 0. The molecule has 122 valence electrons. The molecule has 2 atom stereocenters. The second-order valence-electron chi connectivity index (χ2n) is 7.11. The van der Waals surface area contributed by atoms with E-state index < -0.39 is 0 Å². The molecule has 1 fully saturated rings. The standard InChI is InChI=1S/C18H26N2O.ClH/c1-18(2)10-9-16(14-7-3-4-8-15(14)18)20-17(21)13-6-5-11-19-12-13;/h3-4,7-8,13,16,19H,5-6,9-12H2,1-2H3,(H,20,21);1H. The first-order valence-electron chi connectivity index (χ1n) is 8.18. The number of carbonyl (C=O) groups excluding carboxylic acids is 1. The van der Waals surface area contributed by atoms with E-state index in [-0.39, 0.29) is 35.7 Å². The lowest BCUT2D eigenvalue weighted by Crippen LogP contribution is -2.43. The molecule has 2 N–H and O–H groups in total. The highest BCUT2D eigenvalue weighted by Gasteiger charge is 2.33. The van der Waals surface area contributed by atoms with Crippen molar-refractivity contribution in [3.8, 4) is 0 Å². The van der Waals surface area contributed by atoms with E-state index in [0.717, 1.165) is 38.8 Å². The Morgan fingerprint density at radius 2 is 2.05 bits per heavy atom. The smallest absolute Gasteiger partial charge is 0.224 e. The van der Waals surface area contributed by atoms with Crippen LogP contribution in [0, 0.1) is 5.92 Å². The Balaban J connectivity index is 0.00000176. The summed E-state index contributed by atoms with van der Waals surface area (Å²) in [5.74, 6) is 0.363. The van der Waals surface area contributed by atoms with Crippen LogP contribution >= 0.6 is 12.4 Å². The SMILES string of the molecule is CC1(C)CCC(NC(=O)C2CCCNC2)c2ccccc21.Cl. The molecule has 1 aliphatic heterocycles. The van der Waals surface area contributed by atoms with Gasteiger partial charge in [-0.1, -0.05) is 38.1 Å². The minimum absolute atomic E-state index is 0. The fourth-order valence-corrected chi connectivity index (χ4v) is 3.73. The average Bonchev–Trinajstić information content (AvgIpc) is 2.51. The molecular weight excluding hydrogens is 296 g/mol. The minimum Gasteiger partial charge on any atom is -0.349 e. The fraction of sp³-hybridized carbons (Fsp3) is 0.611. The first kappa shape index (κ1) is 17.3. The predicted octanol–water partition coefficient (Wildman–Crippen LogP) is 3.34. The summed E-state index contributed by atoms with van der Waals surface area (Å²) in [5.41, 5.74) is 2.92. The Kier molecular flexibility index (Phi) is 5.51. The molecule has 1 heterocycles. The zero-order valence-electron chi connectivity index (χ0n) is 13.5. The Labute approximate surface area is 139 Å². The second-order valence-corrected chi connectivity index (χ2v) is 7.11. The lowest BCUT2D eigenvalue weighted by molar-refractivity contribution is -0.126. The number of fused-ring (bicyclic) bond motifs is 1. The van der Waals surface area contributed by atoms with Crippen LogP contribution in [0.3, 0.4) is 0 Å². The number of hydrogen-bond donors (Lipinski definition) is 2. The first-order chi connectivity index (χ1) is 10.1. The summed E-state index contributed by atoms with van der Waals surface area (Å²) < 4.78 is 0. The van der Waals surface area contributed by atoms with Crippen molar-refractivity contribution in [2.24, 2.45) is 5.92 Å². The molecule has 0 radical (unpaired) electrons. The van der Waals surface area contributed by atoms with E-state index in [9.17, 15) is 4.79 Å². The number of halogens is 1. The average molecular weight is 323 g/mol. The van der Waals surface area contributed by atoms with Gasteiger partial charge in [-0.15, -0.1) is 12.4 Å². The zero-order chi connectivity index (χ0) is 14.9. The maximum absolute atomic E-state index is 12.5. The summed E-state index contributed by atoms with van der Waals surface area (Å²) in [6.07, 6.45) is 4.28. The normalized spacial score (nSPS) is 26.5. The van der Waals surface area contributed by atoms with Crippen LogP contribution in [0.5, 0.6) is 0 Å². The van der Waals surface area contributed by atoms with E-state index in [1.807, 2.05) is 0 Å². The van der Waals surface area contributed by atoms with Crippen LogP contribution in [-0.4, -0.2) is 19.0 Å². The van der Waals surface area contributed by atoms with Crippen molar-refractivity contribution in [1.29, 1.82) is 0 Å². The van der Waals surface area contributed by atoms with Crippen molar-refractivity contribution >= 4 is 18.3 Å². The van der Waals surface area contributed by atoms with Crippen LogP contribution in [0.4, 0.5) is 0 Å². The number of piperidine rings is 1. The summed E-state index contributed by atoms with van der Waals surface area (Å²) >= 11 is 0. The molecule has 3 rings (SSSR count). The van der Waals surface area contributed by atoms with Gasteiger partial charge in [0.1, 0.15) is 0 Å². The van der Waals surface area contributed by atoms with Gasteiger partial charge in [0.15, 0.2) is 0 Å². The van der Waals surface area contributed by atoms with Gasteiger partial charge < -0.3 is 10.6 Å². The quantitative estimate of drug-likeness (QED) is 0.877. The molecular formula is C18H27ClN2O. The van der Waals surface area contributed by atoms with Gasteiger partial charge in [-0.25, -0.2) is 0 Å². The Bertz CT molecular complexity index is 524. The Morgan fingerprint density at radius 3 is 2.77 bits per heavy atom. The molecule has 22 heavy (non-hydrogen) atoms. The van der Waals surface area contributed by atoms with Crippen LogP contribution in [0.2, 0.25) is 0 Å². The van der Waals surface area contributed by atoms with E-state index in [4.69, 9.17) is 0 Å². The van der Waals surface area contributed by atoms with Crippen LogP contribution < -0.4 is 10.6 Å². The van der Waals surface area contributed by atoms with Crippen molar-refractivity contribution in [3.63, 3.8) is 0 Å². The van der Waals surface area contributed by atoms with Crippen LogP contribution in [-0.2, 0) is 10.2 Å². The van der Waals surface area contributed by atoms with Crippen molar-refractivity contribution in [3.05, 3.63) is 35.4 Å². The van der Waals surface area contributed by atoms with Gasteiger partial charge in [0, 0.05) is 6.54 Å². The van der Waals surface area contributed by atoms with Crippen LogP contribution in [0.15, 0.2) is 24.3 Å². The monoisotopic (exact) mass is 322 g/mol. The molecule has 1 saturated heterocycles. The van der Waals surface area contributed by atoms with Gasteiger partial charge in [0.05, 0.1) is 12.0 Å². The van der Waals surface area contributed by atoms with Crippen molar-refractivity contribution < 1.29 is 4.79 Å². The van der Waals surface area contributed by atoms with Gasteiger partial charge in [-0.2, -0.15) is 0 Å². The summed E-state index contributed by atoms with van der Waals surface area (Å²) in [5, 5.41) is 6.63. The first-order valence-corrected chi connectivity index (χ1v) is 8.18. The van der Waals surface area contributed by atoms with Crippen molar-refractivity contribution in [2.75, 3.05) is 13.1 Å². The largest absolute Gasteiger partial charge is 0.349 e. The van der Waals surface area contributed by atoms with Crippen molar-refractivity contribution in [2.45, 2.75) is 51.0 Å². The third kappa shape index (κ3) is 3.47. The van der Waals surface area contributed by atoms with E-state index in [1.165, 1.54) is 11.1 Å². The maximum atomic E-state index is 12.5. The molecule has 3 nitrogen and oxygen atoms in total. The second kappa shape index (κ2) is 7.01. The number of amides is 1. The molecule has 1 aromatic rings. The molecule has 0 bridgehead atoms. The highest BCUT2D eigenvalue weighted by Crippen LogP contribution is 2.41. The van der Waals surface area contributed by atoms with Gasteiger partial charge in [-0.05, 0) is 48.8 Å². The number of hydrogen-bond acceptors (Lipinski definition) is 2. The Hall–Kier alpha value is -1.06. The van der Waals surface area contributed by atoms with Crippen molar-refractivity contribution in [1.82, 2.24) is 10.6 Å². The van der Waals surface area contributed by atoms with Gasteiger partial charge in [0.2, 0.25) is 5.91 Å². The van der Waals surface area contributed by atoms with Gasteiger partial charge in [0.25, 0.3) is 0 Å².